The highest BCUT2D eigenvalue weighted by Gasteiger charge is 2.15. The number of aryl methyl sites for hydroxylation is 1. The van der Waals surface area contributed by atoms with Crippen molar-refractivity contribution in [2.75, 3.05) is 13.1 Å². The van der Waals surface area contributed by atoms with E-state index in [0.29, 0.717) is 24.6 Å². The maximum atomic E-state index is 11.6. The van der Waals surface area contributed by atoms with Crippen LogP contribution in [0.5, 0.6) is 0 Å². The van der Waals surface area contributed by atoms with Crippen LogP contribution in [-0.2, 0) is 11.3 Å². The lowest BCUT2D eigenvalue weighted by Crippen LogP contribution is -2.23. The topological polar surface area (TPSA) is 67.2 Å². The third-order valence-corrected chi connectivity index (χ3v) is 3.08. The summed E-state index contributed by atoms with van der Waals surface area (Å²) in [5, 5.41) is 9.91. The van der Waals surface area contributed by atoms with Gasteiger partial charge in [-0.1, -0.05) is 5.16 Å². The molecule has 5 heteroatoms. The normalized spacial score (nSPS) is 19.5. The number of carbonyl (C=O) groups is 1. The van der Waals surface area contributed by atoms with Gasteiger partial charge in [-0.15, -0.1) is 0 Å². The largest absolute Gasteiger partial charge is 0.359 e. The van der Waals surface area contributed by atoms with Crippen molar-refractivity contribution in [2.45, 2.75) is 32.7 Å². The predicted molar refractivity (Wildman–Crippen MR) is 63.3 cm³/mol. The van der Waals surface area contributed by atoms with Crippen molar-refractivity contribution in [2.24, 2.45) is 5.92 Å². The molecule has 1 unspecified atom stereocenters. The monoisotopic (exact) mass is 237 g/mol. The number of hydrogen-bond donors (Lipinski definition) is 2. The minimum atomic E-state index is 0.0888. The molecule has 1 amide bonds. The van der Waals surface area contributed by atoms with Gasteiger partial charge in [0.15, 0.2) is 5.76 Å². The molecule has 0 bridgehead atoms. The first kappa shape index (κ1) is 12.1. The van der Waals surface area contributed by atoms with Gasteiger partial charge >= 0.3 is 0 Å². The van der Waals surface area contributed by atoms with Crippen LogP contribution in [0.3, 0.4) is 0 Å². The number of carbonyl (C=O) groups excluding carboxylic acids is 1. The fourth-order valence-electron chi connectivity index (χ4n) is 2.07. The van der Waals surface area contributed by atoms with Crippen LogP contribution in [0, 0.1) is 12.8 Å². The average molecular weight is 237 g/mol. The Morgan fingerprint density at radius 2 is 2.59 bits per heavy atom. The molecule has 17 heavy (non-hydrogen) atoms. The van der Waals surface area contributed by atoms with Crippen molar-refractivity contribution in [3.63, 3.8) is 0 Å². The molecule has 1 aliphatic heterocycles. The molecule has 1 atom stereocenters. The lowest BCUT2D eigenvalue weighted by molar-refractivity contribution is -0.121. The molecule has 5 nitrogen and oxygen atoms in total. The summed E-state index contributed by atoms with van der Waals surface area (Å²) in [6.45, 7) is 4.43. The van der Waals surface area contributed by atoms with Gasteiger partial charge in [0.1, 0.15) is 0 Å². The zero-order chi connectivity index (χ0) is 12.1. The molecule has 1 saturated heterocycles. The maximum Gasteiger partial charge on any atom is 0.220 e. The Kier molecular flexibility index (Phi) is 4.14. The quantitative estimate of drug-likeness (QED) is 0.801. The van der Waals surface area contributed by atoms with E-state index in [-0.39, 0.29) is 5.91 Å². The molecule has 0 spiro atoms. The summed E-state index contributed by atoms with van der Waals surface area (Å²) >= 11 is 0. The van der Waals surface area contributed by atoms with Crippen molar-refractivity contribution in [3.8, 4) is 0 Å². The van der Waals surface area contributed by atoms with Crippen molar-refractivity contribution in [1.82, 2.24) is 15.8 Å². The summed E-state index contributed by atoms with van der Waals surface area (Å²) in [4.78, 5) is 11.6. The van der Waals surface area contributed by atoms with Crippen LogP contribution in [0.1, 0.15) is 30.7 Å². The van der Waals surface area contributed by atoms with Crippen LogP contribution in [0.4, 0.5) is 0 Å². The summed E-state index contributed by atoms with van der Waals surface area (Å²) in [6, 6.07) is 1.83. The van der Waals surface area contributed by atoms with Gasteiger partial charge in [-0.25, -0.2) is 0 Å². The van der Waals surface area contributed by atoms with Crippen molar-refractivity contribution >= 4 is 5.91 Å². The Labute approximate surface area is 101 Å². The Balaban J connectivity index is 1.63. The predicted octanol–water partition coefficient (Wildman–Crippen LogP) is 0.989. The van der Waals surface area contributed by atoms with Gasteiger partial charge in [-0.05, 0) is 38.8 Å². The van der Waals surface area contributed by atoms with Gasteiger partial charge in [0, 0.05) is 12.5 Å². The minimum Gasteiger partial charge on any atom is -0.359 e. The second kappa shape index (κ2) is 5.82. The molecule has 0 saturated carbocycles. The van der Waals surface area contributed by atoms with Gasteiger partial charge < -0.3 is 15.2 Å². The second-order valence-corrected chi connectivity index (χ2v) is 4.61. The summed E-state index contributed by atoms with van der Waals surface area (Å²) in [6.07, 6.45) is 2.75. The molecular formula is C12H19N3O2. The zero-order valence-corrected chi connectivity index (χ0v) is 10.2. The molecule has 2 heterocycles. The van der Waals surface area contributed by atoms with Crippen LogP contribution in [0.25, 0.3) is 0 Å². The third-order valence-electron chi connectivity index (χ3n) is 3.08. The molecule has 1 fully saturated rings. The first-order valence-electron chi connectivity index (χ1n) is 6.13. The first-order valence-corrected chi connectivity index (χ1v) is 6.13. The molecule has 0 aromatic carbocycles. The Morgan fingerprint density at radius 1 is 1.71 bits per heavy atom. The molecule has 1 aliphatic rings. The Morgan fingerprint density at radius 3 is 3.24 bits per heavy atom. The van der Waals surface area contributed by atoms with Gasteiger partial charge in [0.05, 0.1) is 12.2 Å². The molecular weight excluding hydrogens is 218 g/mol. The van der Waals surface area contributed by atoms with Crippen LogP contribution in [-0.4, -0.2) is 24.2 Å². The van der Waals surface area contributed by atoms with E-state index in [1.807, 2.05) is 13.0 Å². The van der Waals surface area contributed by atoms with Crippen molar-refractivity contribution < 1.29 is 9.32 Å². The third kappa shape index (κ3) is 3.85. The smallest absolute Gasteiger partial charge is 0.220 e. The van der Waals surface area contributed by atoms with Crippen LogP contribution < -0.4 is 10.6 Å². The number of nitrogens with zero attached hydrogens (tertiary/aromatic N) is 1. The van der Waals surface area contributed by atoms with Gasteiger partial charge in [-0.2, -0.15) is 0 Å². The highest BCUT2D eigenvalue weighted by molar-refractivity contribution is 5.75. The summed E-state index contributed by atoms with van der Waals surface area (Å²) in [7, 11) is 0. The van der Waals surface area contributed by atoms with E-state index in [9.17, 15) is 4.79 Å². The number of amides is 1. The van der Waals surface area contributed by atoms with Crippen LogP contribution in [0.2, 0.25) is 0 Å². The summed E-state index contributed by atoms with van der Waals surface area (Å²) in [5.74, 6) is 1.46. The van der Waals surface area contributed by atoms with Gasteiger partial charge in [-0.3, -0.25) is 4.79 Å². The average Bonchev–Trinajstić information content (AvgIpc) is 2.95. The van der Waals surface area contributed by atoms with E-state index in [1.165, 1.54) is 6.42 Å². The van der Waals surface area contributed by atoms with E-state index in [4.69, 9.17) is 4.52 Å². The Bertz CT molecular complexity index is 370. The number of hydrogen-bond acceptors (Lipinski definition) is 4. The van der Waals surface area contributed by atoms with E-state index >= 15 is 0 Å². The first-order chi connectivity index (χ1) is 8.24. The summed E-state index contributed by atoms with van der Waals surface area (Å²) < 4.78 is 5.02. The highest BCUT2D eigenvalue weighted by atomic mass is 16.5. The van der Waals surface area contributed by atoms with E-state index in [2.05, 4.69) is 15.8 Å². The minimum absolute atomic E-state index is 0.0888. The maximum absolute atomic E-state index is 11.6. The number of aromatic nitrogens is 1. The fourth-order valence-corrected chi connectivity index (χ4v) is 2.07. The van der Waals surface area contributed by atoms with E-state index in [0.717, 1.165) is 25.2 Å². The molecule has 1 aromatic rings. The SMILES string of the molecule is Cc1cc(CNC(=O)CCC2CCNC2)on1. The number of nitrogens with one attached hydrogen (secondary N) is 2. The second-order valence-electron chi connectivity index (χ2n) is 4.61. The highest BCUT2D eigenvalue weighted by Crippen LogP contribution is 2.14. The van der Waals surface area contributed by atoms with Crippen molar-refractivity contribution in [3.05, 3.63) is 17.5 Å². The fraction of sp³-hybridized carbons (Fsp3) is 0.667. The van der Waals surface area contributed by atoms with E-state index < -0.39 is 0 Å². The molecule has 0 aliphatic carbocycles. The van der Waals surface area contributed by atoms with Crippen molar-refractivity contribution in [1.29, 1.82) is 0 Å². The van der Waals surface area contributed by atoms with Crippen LogP contribution in [0.15, 0.2) is 10.6 Å². The Hall–Kier alpha value is -1.36. The molecule has 94 valence electrons. The molecule has 0 radical (unpaired) electrons. The number of rotatable bonds is 5. The lowest BCUT2D eigenvalue weighted by atomic mass is 10.0. The molecule has 1 aromatic heterocycles. The zero-order valence-electron chi connectivity index (χ0n) is 10.2. The molecule has 2 N–H and O–H groups in total. The van der Waals surface area contributed by atoms with E-state index in [1.54, 1.807) is 0 Å². The standard InChI is InChI=1S/C12H19N3O2/c1-9-6-11(17-15-9)8-14-12(16)3-2-10-4-5-13-7-10/h6,10,13H,2-5,7-8H2,1H3,(H,14,16). The molecule has 2 rings (SSSR count). The van der Waals surface area contributed by atoms with Crippen LogP contribution >= 0.6 is 0 Å². The van der Waals surface area contributed by atoms with Gasteiger partial charge in [0.25, 0.3) is 0 Å². The lowest BCUT2D eigenvalue weighted by Gasteiger charge is -2.07. The van der Waals surface area contributed by atoms with Gasteiger partial charge in [0.2, 0.25) is 5.91 Å². The summed E-state index contributed by atoms with van der Waals surface area (Å²) in [5.41, 5.74) is 0.839.